The molecule has 0 unspecified atom stereocenters. The van der Waals surface area contributed by atoms with E-state index >= 15 is 0 Å². The third-order valence-electron chi connectivity index (χ3n) is 5.05. The Balaban J connectivity index is 1.51. The van der Waals surface area contributed by atoms with Crippen molar-refractivity contribution in [2.45, 2.75) is 6.42 Å². The zero-order chi connectivity index (χ0) is 18.2. The number of hydrogen-bond acceptors (Lipinski definition) is 3. The molecule has 0 aliphatic carbocycles. The highest BCUT2D eigenvalue weighted by atomic mass is 16.1. The molecule has 0 atom stereocenters. The first-order valence-electron chi connectivity index (χ1n) is 8.99. The van der Waals surface area contributed by atoms with Crippen LogP contribution >= 0.6 is 0 Å². The average molecular weight is 354 g/mol. The van der Waals surface area contributed by atoms with E-state index in [0.717, 1.165) is 35.2 Å². The predicted molar refractivity (Wildman–Crippen MR) is 108 cm³/mol. The van der Waals surface area contributed by atoms with Gasteiger partial charge in [0, 0.05) is 17.6 Å². The molecule has 1 aliphatic heterocycles. The summed E-state index contributed by atoms with van der Waals surface area (Å²) in [6, 6.07) is 22.0. The first kappa shape index (κ1) is 15.6. The fraction of sp³-hybridized carbons (Fsp3) is 0.0909. The third kappa shape index (κ3) is 2.64. The van der Waals surface area contributed by atoms with E-state index in [1.165, 1.54) is 11.3 Å². The summed E-state index contributed by atoms with van der Waals surface area (Å²) in [5, 5.41) is 11.0. The fourth-order valence-corrected chi connectivity index (χ4v) is 3.75. The van der Waals surface area contributed by atoms with E-state index < -0.39 is 0 Å². The maximum atomic E-state index is 13.0. The average Bonchev–Trinajstić information content (AvgIpc) is 3.35. The van der Waals surface area contributed by atoms with Crippen LogP contribution in [0.4, 0.5) is 17.1 Å². The number of nitrogens with one attached hydrogen (secondary N) is 2. The Morgan fingerprint density at radius 3 is 2.70 bits per heavy atom. The number of fused-ring (bicyclic) bond motifs is 2. The van der Waals surface area contributed by atoms with Crippen LogP contribution in [-0.2, 0) is 6.42 Å². The van der Waals surface area contributed by atoms with Gasteiger partial charge in [-0.3, -0.25) is 9.89 Å². The molecule has 0 radical (unpaired) electrons. The van der Waals surface area contributed by atoms with Gasteiger partial charge in [-0.2, -0.15) is 5.10 Å². The largest absolute Gasteiger partial charge is 0.339 e. The standard InChI is InChI=1S/C22H18N4O/c27-22(17-8-5-7-16-14-23-25-21(16)17)24-18-9-2-4-11-20(18)26-13-12-15-6-1-3-10-19(15)26/h1-11,14H,12-13H2,(H,23,25)(H,24,27). The van der Waals surface area contributed by atoms with Gasteiger partial charge in [0.1, 0.15) is 0 Å². The van der Waals surface area contributed by atoms with Crippen LogP contribution in [0.1, 0.15) is 15.9 Å². The van der Waals surface area contributed by atoms with Crippen molar-refractivity contribution in [2.24, 2.45) is 0 Å². The smallest absolute Gasteiger partial charge is 0.257 e. The molecule has 0 bridgehead atoms. The van der Waals surface area contributed by atoms with Crippen LogP contribution in [-0.4, -0.2) is 22.6 Å². The van der Waals surface area contributed by atoms with Crippen LogP contribution in [0.5, 0.6) is 0 Å². The highest BCUT2D eigenvalue weighted by Gasteiger charge is 2.22. The molecule has 27 heavy (non-hydrogen) atoms. The van der Waals surface area contributed by atoms with Gasteiger partial charge in [0.05, 0.1) is 28.7 Å². The summed E-state index contributed by atoms with van der Waals surface area (Å²) >= 11 is 0. The van der Waals surface area contributed by atoms with Gasteiger partial charge in [-0.15, -0.1) is 0 Å². The van der Waals surface area contributed by atoms with Crippen LogP contribution in [0.15, 0.2) is 72.9 Å². The van der Waals surface area contributed by atoms with Crippen molar-refractivity contribution in [1.82, 2.24) is 10.2 Å². The van der Waals surface area contributed by atoms with Crippen molar-refractivity contribution in [3.63, 3.8) is 0 Å². The lowest BCUT2D eigenvalue weighted by Crippen LogP contribution is -2.18. The SMILES string of the molecule is O=C(Nc1ccccc1N1CCc2ccccc21)c1cccc2cn[nH]c12. The van der Waals surface area contributed by atoms with Crippen LogP contribution < -0.4 is 10.2 Å². The minimum absolute atomic E-state index is 0.148. The normalized spacial score (nSPS) is 13.0. The monoisotopic (exact) mass is 354 g/mol. The minimum atomic E-state index is -0.148. The zero-order valence-corrected chi connectivity index (χ0v) is 14.6. The van der Waals surface area contributed by atoms with Crippen molar-refractivity contribution >= 4 is 33.9 Å². The molecule has 0 fully saturated rings. The number of anilines is 3. The molecule has 2 heterocycles. The molecule has 1 amide bonds. The number of benzene rings is 3. The maximum Gasteiger partial charge on any atom is 0.257 e. The summed E-state index contributed by atoms with van der Waals surface area (Å²) in [6.45, 7) is 0.905. The van der Waals surface area contributed by atoms with Crippen molar-refractivity contribution in [3.8, 4) is 0 Å². The van der Waals surface area contributed by atoms with Gasteiger partial charge in [0.15, 0.2) is 0 Å². The number of carbonyl (C=O) groups excluding carboxylic acids is 1. The van der Waals surface area contributed by atoms with Crippen LogP contribution in [0, 0.1) is 0 Å². The quantitative estimate of drug-likeness (QED) is 0.569. The summed E-state index contributed by atoms with van der Waals surface area (Å²) < 4.78 is 0. The van der Waals surface area contributed by atoms with E-state index in [4.69, 9.17) is 0 Å². The first-order chi connectivity index (χ1) is 13.3. The Kier molecular flexibility index (Phi) is 3.64. The molecule has 5 rings (SSSR count). The molecular formula is C22H18N4O. The Bertz CT molecular complexity index is 1150. The summed E-state index contributed by atoms with van der Waals surface area (Å²) in [6.07, 6.45) is 2.73. The maximum absolute atomic E-state index is 13.0. The van der Waals surface area contributed by atoms with E-state index in [1.54, 1.807) is 6.20 Å². The number of aromatic amines is 1. The topological polar surface area (TPSA) is 61.0 Å². The second-order valence-corrected chi connectivity index (χ2v) is 6.64. The van der Waals surface area contributed by atoms with Gasteiger partial charge in [-0.05, 0) is 36.2 Å². The summed E-state index contributed by atoms with van der Waals surface area (Å²) in [7, 11) is 0. The Hall–Kier alpha value is -3.60. The molecule has 5 nitrogen and oxygen atoms in total. The minimum Gasteiger partial charge on any atom is -0.339 e. The molecule has 1 aromatic heterocycles. The molecule has 1 aliphatic rings. The lowest BCUT2D eigenvalue weighted by Gasteiger charge is -2.23. The molecular weight excluding hydrogens is 336 g/mol. The van der Waals surface area contributed by atoms with Gasteiger partial charge in [-0.1, -0.05) is 42.5 Å². The van der Waals surface area contributed by atoms with E-state index in [2.05, 4.69) is 50.7 Å². The van der Waals surface area contributed by atoms with E-state index in [9.17, 15) is 4.79 Å². The first-order valence-corrected chi connectivity index (χ1v) is 8.99. The fourth-order valence-electron chi connectivity index (χ4n) is 3.75. The molecule has 2 N–H and O–H groups in total. The lowest BCUT2D eigenvalue weighted by atomic mass is 10.1. The van der Waals surface area contributed by atoms with Crippen molar-refractivity contribution in [2.75, 3.05) is 16.8 Å². The number of para-hydroxylation sites is 4. The number of H-pyrrole nitrogens is 1. The number of aromatic nitrogens is 2. The van der Waals surface area contributed by atoms with Gasteiger partial charge in [0.25, 0.3) is 5.91 Å². The Labute approximate surface area is 156 Å². The molecule has 5 heteroatoms. The van der Waals surface area contributed by atoms with Gasteiger partial charge >= 0.3 is 0 Å². The Morgan fingerprint density at radius 1 is 0.963 bits per heavy atom. The Morgan fingerprint density at radius 2 is 1.78 bits per heavy atom. The molecule has 0 saturated carbocycles. The number of hydrogen-bond donors (Lipinski definition) is 2. The summed E-state index contributed by atoms with van der Waals surface area (Å²) in [5.41, 5.74) is 5.68. The number of carbonyl (C=O) groups is 1. The molecule has 3 aromatic carbocycles. The van der Waals surface area contributed by atoms with Crippen molar-refractivity contribution in [1.29, 1.82) is 0 Å². The van der Waals surface area contributed by atoms with Gasteiger partial charge < -0.3 is 10.2 Å². The molecule has 0 saturated heterocycles. The molecule has 132 valence electrons. The van der Waals surface area contributed by atoms with Crippen molar-refractivity contribution < 1.29 is 4.79 Å². The van der Waals surface area contributed by atoms with Crippen LogP contribution in [0.25, 0.3) is 10.9 Å². The highest BCUT2D eigenvalue weighted by molar-refractivity contribution is 6.12. The number of amides is 1. The highest BCUT2D eigenvalue weighted by Crippen LogP contribution is 2.38. The third-order valence-corrected chi connectivity index (χ3v) is 5.05. The zero-order valence-electron chi connectivity index (χ0n) is 14.6. The van der Waals surface area contributed by atoms with Crippen molar-refractivity contribution in [3.05, 3.63) is 84.1 Å². The number of rotatable bonds is 3. The summed E-state index contributed by atoms with van der Waals surface area (Å²) in [4.78, 5) is 15.2. The van der Waals surface area contributed by atoms with E-state index in [1.807, 2.05) is 36.4 Å². The second kappa shape index (κ2) is 6.29. The molecule has 4 aromatic rings. The van der Waals surface area contributed by atoms with Gasteiger partial charge in [-0.25, -0.2) is 0 Å². The predicted octanol–water partition coefficient (Wildman–Crippen LogP) is 4.51. The van der Waals surface area contributed by atoms with E-state index in [-0.39, 0.29) is 5.91 Å². The lowest BCUT2D eigenvalue weighted by molar-refractivity contribution is 0.102. The van der Waals surface area contributed by atoms with Crippen LogP contribution in [0.3, 0.4) is 0 Å². The number of nitrogens with zero attached hydrogens (tertiary/aromatic N) is 2. The van der Waals surface area contributed by atoms with Crippen LogP contribution in [0.2, 0.25) is 0 Å². The van der Waals surface area contributed by atoms with Gasteiger partial charge in [0.2, 0.25) is 0 Å². The second-order valence-electron chi connectivity index (χ2n) is 6.64. The summed E-state index contributed by atoms with van der Waals surface area (Å²) in [5.74, 6) is -0.148. The van der Waals surface area contributed by atoms with E-state index in [0.29, 0.717) is 5.56 Å². The molecule has 0 spiro atoms.